The minimum atomic E-state index is -1.68. The number of hydrogen-bond acceptors (Lipinski definition) is 3. The summed E-state index contributed by atoms with van der Waals surface area (Å²) in [4.78, 5) is 39.0. The van der Waals surface area contributed by atoms with Crippen molar-refractivity contribution in [3.63, 3.8) is 0 Å². The highest BCUT2D eigenvalue weighted by Crippen LogP contribution is 2.43. The molecule has 2 aliphatic rings. The van der Waals surface area contributed by atoms with E-state index in [1.54, 1.807) is 17.0 Å². The van der Waals surface area contributed by atoms with Crippen LogP contribution < -0.4 is 15.5 Å². The summed E-state index contributed by atoms with van der Waals surface area (Å²) in [6, 6.07) is 12.5. The normalized spacial score (nSPS) is 21.0. The number of carbonyl (C=O) groups is 3. The van der Waals surface area contributed by atoms with Crippen LogP contribution in [0.4, 0.5) is 10.5 Å². The summed E-state index contributed by atoms with van der Waals surface area (Å²) in [7, 11) is 0. The summed E-state index contributed by atoms with van der Waals surface area (Å²) in [5, 5.41) is 4.73. The van der Waals surface area contributed by atoms with Crippen LogP contribution in [0.1, 0.15) is 22.3 Å². The van der Waals surface area contributed by atoms with Crippen LogP contribution in [0.3, 0.4) is 0 Å². The Morgan fingerprint density at radius 1 is 1.12 bits per heavy atom. The molecule has 1 spiro atoms. The van der Waals surface area contributed by atoms with Crippen LogP contribution in [-0.2, 0) is 21.7 Å². The fourth-order valence-electron chi connectivity index (χ4n) is 3.51. The standard InChI is InChI=1S/C20H17N3O3/c1-3-13-5-7-14(8-6-13)11-23-16-9-4-12(2)10-15(16)20(18(23)25)17(24)21-19(26)22-20/h3-10H,1,11H2,2H3,(H2,21,22,24,26). The molecule has 1 saturated heterocycles. The van der Waals surface area contributed by atoms with Crippen molar-refractivity contribution in [2.45, 2.75) is 19.0 Å². The maximum atomic E-state index is 13.2. The van der Waals surface area contributed by atoms with Gasteiger partial charge in [-0.2, -0.15) is 0 Å². The van der Waals surface area contributed by atoms with Gasteiger partial charge in [-0.25, -0.2) is 4.79 Å². The summed E-state index contributed by atoms with van der Waals surface area (Å²) in [6.07, 6.45) is 1.75. The molecule has 2 aromatic rings. The third-order valence-electron chi connectivity index (χ3n) is 4.84. The first kappa shape index (κ1) is 16.1. The molecule has 2 heterocycles. The Balaban J connectivity index is 1.79. The Labute approximate surface area is 150 Å². The van der Waals surface area contributed by atoms with Gasteiger partial charge in [-0.05, 0) is 24.1 Å². The molecule has 2 N–H and O–H groups in total. The second-order valence-corrected chi connectivity index (χ2v) is 6.52. The van der Waals surface area contributed by atoms with E-state index in [4.69, 9.17) is 0 Å². The van der Waals surface area contributed by atoms with Gasteiger partial charge in [0.2, 0.25) is 5.54 Å². The third-order valence-corrected chi connectivity index (χ3v) is 4.84. The molecule has 2 aromatic carbocycles. The van der Waals surface area contributed by atoms with Crippen molar-refractivity contribution in [3.05, 3.63) is 71.3 Å². The number of hydrogen-bond donors (Lipinski definition) is 2. The Morgan fingerprint density at radius 3 is 2.46 bits per heavy atom. The number of benzene rings is 2. The first-order valence-electron chi connectivity index (χ1n) is 8.24. The summed E-state index contributed by atoms with van der Waals surface area (Å²) >= 11 is 0. The van der Waals surface area contributed by atoms with E-state index >= 15 is 0 Å². The lowest BCUT2D eigenvalue weighted by atomic mass is 9.90. The third kappa shape index (κ3) is 2.15. The molecule has 6 heteroatoms. The predicted octanol–water partition coefficient (Wildman–Crippen LogP) is 2.22. The van der Waals surface area contributed by atoms with Gasteiger partial charge < -0.3 is 10.2 Å². The average Bonchev–Trinajstić information content (AvgIpc) is 3.05. The van der Waals surface area contributed by atoms with Gasteiger partial charge in [0.25, 0.3) is 11.8 Å². The quantitative estimate of drug-likeness (QED) is 0.660. The van der Waals surface area contributed by atoms with Gasteiger partial charge in [0.1, 0.15) is 0 Å². The number of carbonyl (C=O) groups excluding carboxylic acids is 3. The highest BCUT2D eigenvalue weighted by Gasteiger charge is 2.61. The van der Waals surface area contributed by atoms with Crippen LogP contribution in [0, 0.1) is 6.92 Å². The average molecular weight is 347 g/mol. The number of anilines is 1. The number of imide groups is 1. The molecule has 1 unspecified atom stereocenters. The lowest BCUT2D eigenvalue weighted by molar-refractivity contribution is -0.134. The van der Waals surface area contributed by atoms with E-state index in [1.165, 1.54) is 0 Å². The van der Waals surface area contributed by atoms with Crippen molar-refractivity contribution >= 4 is 29.6 Å². The Bertz CT molecular complexity index is 965. The van der Waals surface area contributed by atoms with Crippen LogP contribution in [0.15, 0.2) is 49.0 Å². The fourth-order valence-corrected chi connectivity index (χ4v) is 3.51. The van der Waals surface area contributed by atoms with Crippen LogP contribution in [0.25, 0.3) is 6.08 Å². The zero-order valence-corrected chi connectivity index (χ0v) is 14.2. The van der Waals surface area contributed by atoms with Gasteiger partial charge in [0.05, 0.1) is 12.2 Å². The van der Waals surface area contributed by atoms with Crippen molar-refractivity contribution in [1.29, 1.82) is 0 Å². The van der Waals surface area contributed by atoms with Crippen molar-refractivity contribution in [2.75, 3.05) is 4.90 Å². The highest BCUT2D eigenvalue weighted by atomic mass is 16.2. The lowest BCUT2D eigenvalue weighted by Gasteiger charge is -2.21. The number of fused-ring (bicyclic) bond motifs is 2. The number of nitrogens with one attached hydrogen (secondary N) is 2. The molecule has 0 bridgehead atoms. The van der Waals surface area contributed by atoms with E-state index in [1.807, 2.05) is 43.3 Å². The van der Waals surface area contributed by atoms with Crippen molar-refractivity contribution in [2.24, 2.45) is 0 Å². The van der Waals surface area contributed by atoms with E-state index in [0.717, 1.165) is 16.7 Å². The molecule has 0 radical (unpaired) electrons. The minimum absolute atomic E-state index is 0.303. The second kappa shape index (κ2) is 5.56. The highest BCUT2D eigenvalue weighted by molar-refractivity contribution is 6.27. The maximum absolute atomic E-state index is 13.2. The maximum Gasteiger partial charge on any atom is 0.323 e. The van der Waals surface area contributed by atoms with Crippen molar-refractivity contribution in [1.82, 2.24) is 10.6 Å². The SMILES string of the molecule is C=Cc1ccc(CN2C(=O)C3(NC(=O)NC3=O)c3cc(C)ccc32)cc1. The van der Waals surface area contributed by atoms with Gasteiger partial charge in [-0.1, -0.05) is 54.6 Å². The molecule has 130 valence electrons. The van der Waals surface area contributed by atoms with E-state index < -0.39 is 23.4 Å². The van der Waals surface area contributed by atoms with Crippen molar-refractivity contribution < 1.29 is 14.4 Å². The Morgan fingerprint density at radius 2 is 1.85 bits per heavy atom. The molecule has 0 aliphatic carbocycles. The van der Waals surface area contributed by atoms with Gasteiger partial charge in [-0.15, -0.1) is 0 Å². The smallest absolute Gasteiger partial charge is 0.312 e. The van der Waals surface area contributed by atoms with E-state index in [9.17, 15) is 14.4 Å². The van der Waals surface area contributed by atoms with Crippen molar-refractivity contribution in [3.8, 4) is 0 Å². The molecule has 0 aromatic heterocycles. The van der Waals surface area contributed by atoms with Crippen LogP contribution in [0.5, 0.6) is 0 Å². The predicted molar refractivity (Wildman–Crippen MR) is 97.3 cm³/mol. The zero-order chi connectivity index (χ0) is 18.5. The van der Waals surface area contributed by atoms with E-state index in [0.29, 0.717) is 17.8 Å². The number of nitrogens with zero attached hydrogens (tertiary/aromatic N) is 1. The van der Waals surface area contributed by atoms with Gasteiger partial charge >= 0.3 is 6.03 Å². The zero-order valence-electron chi connectivity index (χ0n) is 14.2. The summed E-state index contributed by atoms with van der Waals surface area (Å²) in [5.41, 5.74) is 2.26. The van der Waals surface area contributed by atoms with Gasteiger partial charge in [0.15, 0.2) is 0 Å². The molecule has 4 amide bonds. The molecule has 6 nitrogen and oxygen atoms in total. The van der Waals surface area contributed by atoms with E-state index in [2.05, 4.69) is 17.2 Å². The number of urea groups is 1. The largest absolute Gasteiger partial charge is 0.323 e. The fraction of sp³-hybridized carbons (Fsp3) is 0.150. The van der Waals surface area contributed by atoms with Crippen LogP contribution >= 0.6 is 0 Å². The molecule has 2 aliphatic heterocycles. The monoisotopic (exact) mass is 347 g/mol. The Kier molecular flexibility index (Phi) is 3.44. The second-order valence-electron chi connectivity index (χ2n) is 6.52. The molecule has 1 fully saturated rings. The minimum Gasteiger partial charge on any atom is -0.312 e. The van der Waals surface area contributed by atoms with Crippen LogP contribution in [-0.4, -0.2) is 17.8 Å². The Hall–Kier alpha value is -3.41. The molecular weight excluding hydrogens is 330 g/mol. The van der Waals surface area contributed by atoms with Gasteiger partial charge in [0, 0.05) is 5.56 Å². The summed E-state index contributed by atoms with van der Waals surface area (Å²) < 4.78 is 0. The molecule has 0 saturated carbocycles. The summed E-state index contributed by atoms with van der Waals surface area (Å²) in [5.74, 6) is -1.09. The van der Waals surface area contributed by atoms with Crippen LogP contribution in [0.2, 0.25) is 0 Å². The first-order chi connectivity index (χ1) is 12.5. The molecular formula is C20H17N3O3. The topological polar surface area (TPSA) is 78.5 Å². The number of aryl methyl sites for hydroxylation is 1. The number of rotatable bonds is 3. The van der Waals surface area contributed by atoms with Gasteiger partial charge in [-0.3, -0.25) is 14.9 Å². The molecule has 1 atom stereocenters. The summed E-state index contributed by atoms with van der Waals surface area (Å²) in [6.45, 7) is 5.91. The first-order valence-corrected chi connectivity index (χ1v) is 8.24. The molecule has 4 rings (SSSR count). The lowest BCUT2D eigenvalue weighted by Crippen LogP contribution is -2.52. The number of amides is 4. The molecule has 26 heavy (non-hydrogen) atoms. The van der Waals surface area contributed by atoms with E-state index in [-0.39, 0.29) is 0 Å².